The number of hydrogen-bond donors (Lipinski definition) is 1. The molecule has 2 heterocycles. The van der Waals surface area contributed by atoms with Gasteiger partial charge in [0.15, 0.2) is 0 Å². The molecular weight excluding hydrogens is 356 g/mol. The van der Waals surface area contributed by atoms with E-state index in [0.717, 1.165) is 27.4 Å². The zero-order chi connectivity index (χ0) is 12.5. The Hall–Kier alpha value is 0.1000. The fourth-order valence-electron chi connectivity index (χ4n) is 3.23. The maximum absolute atomic E-state index is 3.59. The van der Waals surface area contributed by atoms with E-state index in [1.54, 1.807) is 0 Å². The zero-order valence-corrected chi connectivity index (χ0v) is 13.5. The first-order valence-corrected chi connectivity index (χ1v) is 8.21. The van der Waals surface area contributed by atoms with Gasteiger partial charge in [-0.1, -0.05) is 6.07 Å². The second-order valence-electron chi connectivity index (χ2n) is 5.35. The van der Waals surface area contributed by atoms with Crippen LogP contribution in [0, 0.1) is 5.92 Å². The Bertz CT molecular complexity index is 436. The number of nitrogens with zero attached hydrogens (tertiary/aromatic N) is 1. The van der Waals surface area contributed by atoms with E-state index in [1.165, 1.54) is 38.0 Å². The van der Waals surface area contributed by atoms with E-state index in [4.69, 9.17) is 0 Å². The van der Waals surface area contributed by atoms with E-state index in [2.05, 4.69) is 60.3 Å². The lowest BCUT2D eigenvalue weighted by Crippen LogP contribution is -2.44. The molecule has 2 unspecified atom stereocenters. The summed E-state index contributed by atoms with van der Waals surface area (Å²) in [6, 6.07) is 7.34. The lowest BCUT2D eigenvalue weighted by Gasteiger charge is -2.37. The highest BCUT2D eigenvalue weighted by Gasteiger charge is 2.34. The summed E-state index contributed by atoms with van der Waals surface area (Å²) in [6.45, 7) is 4.71. The van der Waals surface area contributed by atoms with Crippen molar-refractivity contribution in [2.24, 2.45) is 5.92 Å². The van der Waals surface area contributed by atoms with Crippen molar-refractivity contribution in [2.75, 3.05) is 19.6 Å². The van der Waals surface area contributed by atoms with Crippen molar-refractivity contribution in [3.8, 4) is 0 Å². The number of hydrogen-bond acceptors (Lipinski definition) is 2. The largest absolute Gasteiger partial charge is 0.315 e. The average Bonchev–Trinajstić information content (AvgIpc) is 2.83. The van der Waals surface area contributed by atoms with Crippen molar-refractivity contribution in [3.63, 3.8) is 0 Å². The van der Waals surface area contributed by atoms with E-state index in [1.807, 2.05) is 0 Å². The summed E-state index contributed by atoms with van der Waals surface area (Å²) in [7, 11) is 0. The molecule has 1 aromatic carbocycles. The molecule has 3 rings (SSSR count). The van der Waals surface area contributed by atoms with Crippen LogP contribution in [0.1, 0.15) is 18.4 Å². The summed E-state index contributed by atoms with van der Waals surface area (Å²) in [5, 5.41) is 3.54. The molecule has 2 saturated heterocycles. The second-order valence-corrected chi connectivity index (χ2v) is 7.06. The van der Waals surface area contributed by atoms with Crippen LogP contribution in [-0.2, 0) is 6.54 Å². The third-order valence-corrected chi connectivity index (χ3v) is 6.04. The maximum atomic E-state index is 3.59. The molecule has 4 heteroatoms. The number of likely N-dealkylation sites (tertiary alicyclic amines) is 1. The molecule has 0 amide bonds. The predicted molar refractivity (Wildman–Crippen MR) is 81.6 cm³/mol. The van der Waals surface area contributed by atoms with Gasteiger partial charge in [-0.2, -0.15) is 0 Å². The number of rotatable bonds is 2. The number of nitrogens with one attached hydrogen (secondary N) is 1. The van der Waals surface area contributed by atoms with E-state index in [9.17, 15) is 0 Å². The van der Waals surface area contributed by atoms with Crippen LogP contribution in [-0.4, -0.2) is 30.6 Å². The molecular formula is C14H18Br2N2. The van der Waals surface area contributed by atoms with Crippen LogP contribution < -0.4 is 5.32 Å². The van der Waals surface area contributed by atoms with E-state index in [0.29, 0.717) is 0 Å². The smallest absolute Gasteiger partial charge is 0.0320 e. The Morgan fingerprint density at radius 1 is 1.22 bits per heavy atom. The van der Waals surface area contributed by atoms with Gasteiger partial charge < -0.3 is 5.32 Å². The zero-order valence-electron chi connectivity index (χ0n) is 10.3. The number of piperidine rings is 1. The molecule has 1 aromatic rings. The molecule has 0 bridgehead atoms. The van der Waals surface area contributed by atoms with Crippen molar-refractivity contribution in [1.82, 2.24) is 10.2 Å². The first kappa shape index (κ1) is 13.1. The Morgan fingerprint density at radius 3 is 2.94 bits per heavy atom. The van der Waals surface area contributed by atoms with Crippen molar-refractivity contribution < 1.29 is 0 Å². The van der Waals surface area contributed by atoms with Gasteiger partial charge in [0.1, 0.15) is 0 Å². The normalized spacial score (nSPS) is 28.3. The van der Waals surface area contributed by atoms with Gasteiger partial charge in [-0.3, -0.25) is 4.90 Å². The molecule has 2 atom stereocenters. The summed E-state index contributed by atoms with van der Waals surface area (Å²) < 4.78 is 2.28. The molecule has 2 aliphatic heterocycles. The summed E-state index contributed by atoms with van der Waals surface area (Å²) in [6.07, 6.45) is 2.75. The number of halogens is 2. The van der Waals surface area contributed by atoms with Crippen molar-refractivity contribution in [1.29, 1.82) is 0 Å². The van der Waals surface area contributed by atoms with Gasteiger partial charge >= 0.3 is 0 Å². The molecule has 18 heavy (non-hydrogen) atoms. The fourth-order valence-corrected chi connectivity index (χ4v) is 3.91. The molecule has 2 aliphatic rings. The maximum Gasteiger partial charge on any atom is 0.0320 e. The Balaban J connectivity index is 1.73. The number of benzene rings is 1. The molecule has 1 N–H and O–H groups in total. The van der Waals surface area contributed by atoms with Crippen LogP contribution in [0.5, 0.6) is 0 Å². The van der Waals surface area contributed by atoms with Crippen molar-refractivity contribution in [2.45, 2.75) is 25.4 Å². The highest BCUT2D eigenvalue weighted by atomic mass is 79.9. The van der Waals surface area contributed by atoms with Gasteiger partial charge in [0.05, 0.1) is 0 Å². The van der Waals surface area contributed by atoms with E-state index < -0.39 is 0 Å². The minimum Gasteiger partial charge on any atom is -0.315 e. The first-order chi connectivity index (χ1) is 8.74. The Kier molecular flexibility index (Phi) is 4.09. The molecule has 0 aliphatic carbocycles. The van der Waals surface area contributed by atoms with Crippen LogP contribution in [0.2, 0.25) is 0 Å². The predicted octanol–water partition coefficient (Wildman–Crippen LogP) is 3.40. The topological polar surface area (TPSA) is 15.3 Å². The standard InChI is InChI=1S/C14H18Br2N2/c15-12-4-3-10(6-13(12)16)9-18-5-1-2-11-7-17-8-14(11)18/h3-4,6,11,14,17H,1-2,5,7-9H2. The molecule has 0 spiro atoms. The van der Waals surface area contributed by atoms with Crippen LogP contribution >= 0.6 is 31.9 Å². The van der Waals surface area contributed by atoms with Gasteiger partial charge in [0.25, 0.3) is 0 Å². The van der Waals surface area contributed by atoms with Gasteiger partial charge in [0.2, 0.25) is 0 Å². The molecule has 2 nitrogen and oxygen atoms in total. The molecule has 98 valence electrons. The third kappa shape index (κ3) is 2.67. The highest BCUT2D eigenvalue weighted by Crippen LogP contribution is 2.29. The monoisotopic (exact) mass is 372 g/mol. The average molecular weight is 374 g/mol. The third-order valence-electron chi connectivity index (χ3n) is 4.16. The Morgan fingerprint density at radius 2 is 2.11 bits per heavy atom. The lowest BCUT2D eigenvalue weighted by molar-refractivity contribution is 0.117. The summed E-state index contributed by atoms with van der Waals surface area (Å²) in [5.74, 6) is 0.873. The highest BCUT2D eigenvalue weighted by molar-refractivity contribution is 9.13. The Labute approximate surface area is 125 Å². The number of fused-ring (bicyclic) bond motifs is 1. The first-order valence-electron chi connectivity index (χ1n) is 6.63. The van der Waals surface area contributed by atoms with Crippen LogP contribution in [0.25, 0.3) is 0 Å². The van der Waals surface area contributed by atoms with E-state index >= 15 is 0 Å². The van der Waals surface area contributed by atoms with Crippen LogP contribution in [0.15, 0.2) is 27.1 Å². The summed E-state index contributed by atoms with van der Waals surface area (Å²) in [4.78, 5) is 2.66. The summed E-state index contributed by atoms with van der Waals surface area (Å²) >= 11 is 7.12. The fraction of sp³-hybridized carbons (Fsp3) is 0.571. The van der Waals surface area contributed by atoms with Crippen LogP contribution in [0.3, 0.4) is 0 Å². The summed E-state index contributed by atoms with van der Waals surface area (Å²) in [5.41, 5.74) is 1.40. The van der Waals surface area contributed by atoms with Crippen molar-refractivity contribution >= 4 is 31.9 Å². The van der Waals surface area contributed by atoms with Crippen LogP contribution in [0.4, 0.5) is 0 Å². The van der Waals surface area contributed by atoms with E-state index in [-0.39, 0.29) is 0 Å². The van der Waals surface area contributed by atoms with Crippen molar-refractivity contribution in [3.05, 3.63) is 32.7 Å². The van der Waals surface area contributed by atoms with Gasteiger partial charge in [-0.25, -0.2) is 0 Å². The minimum atomic E-state index is 0.751. The van der Waals surface area contributed by atoms with Gasteiger partial charge in [-0.15, -0.1) is 0 Å². The van der Waals surface area contributed by atoms with Gasteiger partial charge in [0, 0.05) is 28.1 Å². The van der Waals surface area contributed by atoms with Gasteiger partial charge in [-0.05, 0) is 81.4 Å². The lowest BCUT2D eigenvalue weighted by atomic mass is 9.92. The molecule has 2 fully saturated rings. The molecule has 0 saturated carbocycles. The second kappa shape index (κ2) is 5.61. The SMILES string of the molecule is Brc1ccc(CN2CCCC3CNCC32)cc1Br. The molecule has 0 aromatic heterocycles. The quantitative estimate of drug-likeness (QED) is 0.854. The molecule has 0 radical (unpaired) electrons. The minimum absolute atomic E-state index is 0.751.